The lowest BCUT2D eigenvalue weighted by Crippen LogP contribution is -2.26. The van der Waals surface area contributed by atoms with Crippen molar-refractivity contribution in [2.75, 3.05) is 11.9 Å². The number of aromatic nitrogens is 3. The molecule has 1 aromatic carbocycles. The monoisotopic (exact) mass is 421 g/mol. The highest BCUT2D eigenvalue weighted by atomic mass is 19.1. The third-order valence-corrected chi connectivity index (χ3v) is 4.91. The highest BCUT2D eigenvalue weighted by Gasteiger charge is 2.17. The van der Waals surface area contributed by atoms with Gasteiger partial charge in [0.1, 0.15) is 5.82 Å². The molecule has 8 heteroatoms. The molecule has 31 heavy (non-hydrogen) atoms. The van der Waals surface area contributed by atoms with Gasteiger partial charge in [0.25, 0.3) is 0 Å². The summed E-state index contributed by atoms with van der Waals surface area (Å²) in [6.07, 6.45) is 5.36. The van der Waals surface area contributed by atoms with E-state index in [1.54, 1.807) is 18.6 Å². The largest absolute Gasteiger partial charge is 0.382 e. The van der Waals surface area contributed by atoms with Crippen LogP contribution in [-0.4, -0.2) is 27.4 Å². The summed E-state index contributed by atoms with van der Waals surface area (Å²) in [4.78, 5) is 23.8. The van der Waals surface area contributed by atoms with E-state index in [-0.39, 0.29) is 17.8 Å². The zero-order valence-corrected chi connectivity index (χ0v) is 16.7. The lowest BCUT2D eigenvalue weighted by atomic mass is 10.1. The number of carbonyl (C=O) groups is 1. The minimum Gasteiger partial charge on any atom is -0.382 e. The second kappa shape index (κ2) is 9.34. The van der Waals surface area contributed by atoms with Crippen molar-refractivity contribution in [2.45, 2.75) is 19.4 Å². The summed E-state index contributed by atoms with van der Waals surface area (Å²) < 4.78 is 29.0. The number of hydrogen-bond acceptors (Lipinski definition) is 4. The van der Waals surface area contributed by atoms with Gasteiger partial charge in [0.2, 0.25) is 5.91 Å². The van der Waals surface area contributed by atoms with Gasteiger partial charge in [0, 0.05) is 42.0 Å². The first-order valence-electron chi connectivity index (χ1n) is 9.89. The number of fused-ring (bicyclic) bond motifs is 1. The molecule has 0 saturated carbocycles. The van der Waals surface area contributed by atoms with Crippen molar-refractivity contribution < 1.29 is 13.6 Å². The second-order valence-corrected chi connectivity index (χ2v) is 7.08. The predicted octanol–water partition coefficient (Wildman–Crippen LogP) is 3.75. The van der Waals surface area contributed by atoms with Gasteiger partial charge in [0.15, 0.2) is 5.82 Å². The van der Waals surface area contributed by atoms with E-state index in [0.717, 1.165) is 22.7 Å². The lowest BCUT2D eigenvalue weighted by molar-refractivity contribution is -0.120. The number of carbonyl (C=O) groups excluding carboxylic acids is 1. The van der Waals surface area contributed by atoms with Crippen LogP contribution in [-0.2, 0) is 24.2 Å². The molecule has 0 aliphatic heterocycles. The molecule has 3 aromatic heterocycles. The van der Waals surface area contributed by atoms with Gasteiger partial charge in [-0.3, -0.25) is 14.8 Å². The average molecular weight is 421 g/mol. The number of pyridine rings is 2. The molecule has 3 N–H and O–H groups in total. The number of hydrogen-bond donors (Lipinski definition) is 3. The van der Waals surface area contributed by atoms with Crippen molar-refractivity contribution in [3.8, 4) is 0 Å². The van der Waals surface area contributed by atoms with Gasteiger partial charge in [-0.1, -0.05) is 6.07 Å². The number of nitrogens with zero attached hydrogens (tertiary/aromatic N) is 2. The molecule has 158 valence electrons. The summed E-state index contributed by atoms with van der Waals surface area (Å²) in [6.45, 7) is 0.601. The van der Waals surface area contributed by atoms with E-state index in [0.29, 0.717) is 18.7 Å². The van der Waals surface area contributed by atoms with Gasteiger partial charge in [-0.25, -0.2) is 8.78 Å². The Bertz CT molecular complexity index is 1190. The maximum Gasteiger partial charge on any atom is 0.224 e. The van der Waals surface area contributed by atoms with Crippen LogP contribution in [0.1, 0.15) is 17.0 Å². The molecule has 4 rings (SSSR count). The summed E-state index contributed by atoms with van der Waals surface area (Å²) in [6, 6.07) is 11.8. The van der Waals surface area contributed by atoms with Crippen LogP contribution < -0.4 is 10.6 Å². The van der Waals surface area contributed by atoms with E-state index in [4.69, 9.17) is 0 Å². The van der Waals surface area contributed by atoms with Crippen molar-refractivity contribution in [2.24, 2.45) is 0 Å². The Hall–Kier alpha value is -3.81. The molecule has 1 amide bonds. The Morgan fingerprint density at radius 1 is 1.06 bits per heavy atom. The Morgan fingerprint density at radius 2 is 1.97 bits per heavy atom. The van der Waals surface area contributed by atoms with Crippen LogP contribution in [0.3, 0.4) is 0 Å². The second-order valence-electron chi connectivity index (χ2n) is 7.08. The summed E-state index contributed by atoms with van der Waals surface area (Å²) in [5, 5.41) is 6.59. The molecular weight excluding hydrogens is 400 g/mol. The first-order chi connectivity index (χ1) is 15.1. The van der Waals surface area contributed by atoms with Crippen molar-refractivity contribution in [1.29, 1.82) is 0 Å². The van der Waals surface area contributed by atoms with Crippen molar-refractivity contribution in [1.82, 2.24) is 20.3 Å². The molecule has 0 atom stereocenters. The molecule has 3 heterocycles. The Morgan fingerprint density at radius 3 is 2.81 bits per heavy atom. The number of amides is 1. The minimum absolute atomic E-state index is 0.153. The van der Waals surface area contributed by atoms with E-state index in [2.05, 4.69) is 25.6 Å². The maximum atomic E-state index is 14.8. The molecule has 0 unspecified atom stereocenters. The number of nitrogens with one attached hydrogen (secondary N) is 3. The fourth-order valence-corrected chi connectivity index (χ4v) is 3.27. The van der Waals surface area contributed by atoms with Gasteiger partial charge in [-0.05, 0) is 36.4 Å². The van der Waals surface area contributed by atoms with Crippen LogP contribution in [0.5, 0.6) is 0 Å². The van der Waals surface area contributed by atoms with Gasteiger partial charge < -0.3 is 15.6 Å². The standard InChI is InChI=1S/C23H21F2N5O/c24-19-4-5-20(27-10-7-16-3-1-2-8-26-16)23(25)18(19)12-22(31)30-13-17-11-15-6-9-28-21(15)14-29-17/h1-6,8-9,11,14,27-28H,7,10,12-13H2,(H,30,31). The highest BCUT2D eigenvalue weighted by molar-refractivity contribution is 5.80. The number of halogens is 2. The SMILES string of the molecule is O=C(Cc1c(F)ccc(NCCc2ccccn2)c1F)NCc1cc2cc[nH]c2cn1. The minimum atomic E-state index is -0.761. The van der Waals surface area contributed by atoms with Gasteiger partial charge >= 0.3 is 0 Å². The maximum absolute atomic E-state index is 14.8. The Kier molecular flexibility index (Phi) is 6.16. The average Bonchev–Trinajstić information content (AvgIpc) is 3.25. The molecular formula is C23H21F2N5O. The highest BCUT2D eigenvalue weighted by Crippen LogP contribution is 2.22. The first-order valence-corrected chi connectivity index (χ1v) is 9.89. The molecule has 0 radical (unpaired) electrons. The molecule has 0 spiro atoms. The van der Waals surface area contributed by atoms with E-state index in [1.807, 2.05) is 30.3 Å². The fraction of sp³-hybridized carbons (Fsp3) is 0.174. The zero-order chi connectivity index (χ0) is 21.6. The van der Waals surface area contributed by atoms with Crippen LogP contribution in [0.15, 0.2) is 61.1 Å². The van der Waals surface area contributed by atoms with Crippen LogP contribution in [0, 0.1) is 11.6 Å². The molecule has 0 aliphatic rings. The van der Waals surface area contributed by atoms with Crippen LogP contribution in [0.4, 0.5) is 14.5 Å². The normalized spacial score (nSPS) is 10.9. The summed E-state index contributed by atoms with van der Waals surface area (Å²) in [7, 11) is 0. The lowest BCUT2D eigenvalue weighted by Gasteiger charge is -2.12. The van der Waals surface area contributed by atoms with E-state index in [9.17, 15) is 13.6 Å². The quantitative estimate of drug-likeness (QED) is 0.405. The molecule has 0 saturated heterocycles. The third kappa shape index (κ3) is 5.03. The molecule has 0 fully saturated rings. The Labute approximate surface area is 177 Å². The number of aromatic amines is 1. The number of benzene rings is 1. The summed E-state index contributed by atoms with van der Waals surface area (Å²) in [5.41, 5.74) is 2.30. The van der Waals surface area contributed by atoms with E-state index < -0.39 is 24.0 Å². The van der Waals surface area contributed by atoms with Gasteiger partial charge in [-0.15, -0.1) is 0 Å². The Balaban J connectivity index is 1.36. The van der Waals surface area contributed by atoms with Gasteiger partial charge in [0.05, 0.1) is 36.1 Å². The number of rotatable bonds is 8. The summed E-state index contributed by atoms with van der Waals surface area (Å²) in [5.74, 6) is -2.00. The number of anilines is 1. The smallest absolute Gasteiger partial charge is 0.224 e. The molecule has 0 bridgehead atoms. The molecule has 6 nitrogen and oxygen atoms in total. The molecule has 0 aliphatic carbocycles. The van der Waals surface area contributed by atoms with Crippen molar-refractivity contribution >= 4 is 22.5 Å². The predicted molar refractivity (Wildman–Crippen MR) is 114 cm³/mol. The molecule has 4 aromatic rings. The topological polar surface area (TPSA) is 82.7 Å². The van der Waals surface area contributed by atoms with E-state index >= 15 is 0 Å². The van der Waals surface area contributed by atoms with Crippen molar-refractivity contribution in [3.05, 3.63) is 89.6 Å². The first kappa shape index (κ1) is 20.5. The van der Waals surface area contributed by atoms with Crippen molar-refractivity contribution in [3.63, 3.8) is 0 Å². The fourth-order valence-electron chi connectivity index (χ4n) is 3.27. The third-order valence-electron chi connectivity index (χ3n) is 4.91. The van der Waals surface area contributed by atoms with E-state index in [1.165, 1.54) is 6.07 Å². The van der Waals surface area contributed by atoms with Crippen LogP contribution in [0.25, 0.3) is 10.9 Å². The van der Waals surface area contributed by atoms with Crippen LogP contribution in [0.2, 0.25) is 0 Å². The summed E-state index contributed by atoms with van der Waals surface area (Å²) >= 11 is 0. The zero-order valence-electron chi connectivity index (χ0n) is 16.7. The van der Waals surface area contributed by atoms with Gasteiger partial charge in [-0.2, -0.15) is 0 Å². The van der Waals surface area contributed by atoms with Crippen LogP contribution >= 0.6 is 0 Å². The number of H-pyrrole nitrogens is 1.